The highest BCUT2D eigenvalue weighted by Crippen LogP contribution is 2.37. The van der Waals surface area contributed by atoms with Crippen LogP contribution in [0.1, 0.15) is 38.5 Å². The van der Waals surface area contributed by atoms with Gasteiger partial charge in [-0.1, -0.05) is 24.9 Å². The molecule has 3 rings (SSSR count). The molecule has 0 aliphatic heterocycles. The Morgan fingerprint density at radius 3 is 3.11 bits per heavy atom. The Kier molecular flexibility index (Phi) is 3.02. The van der Waals surface area contributed by atoms with Crippen LogP contribution in [-0.2, 0) is 5.54 Å². The summed E-state index contributed by atoms with van der Waals surface area (Å²) >= 11 is 0. The highest BCUT2D eigenvalue weighted by Gasteiger charge is 2.37. The standard InChI is InChI=1S/C13H17N5O/c1-9-3-2-5-13(14,7-9)12-17-11(18-19-12)10-4-6-15-8-16-10/h4,6,8-9H,2-3,5,7,14H2,1H3. The third-order valence-electron chi connectivity index (χ3n) is 3.70. The lowest BCUT2D eigenvalue weighted by molar-refractivity contribution is 0.183. The number of hydrogen-bond acceptors (Lipinski definition) is 6. The summed E-state index contributed by atoms with van der Waals surface area (Å²) in [6, 6.07) is 1.75. The molecule has 0 spiro atoms. The second-order valence-electron chi connectivity index (χ2n) is 5.38. The van der Waals surface area contributed by atoms with Gasteiger partial charge in [-0.3, -0.25) is 0 Å². The first-order chi connectivity index (χ1) is 9.17. The van der Waals surface area contributed by atoms with E-state index in [-0.39, 0.29) is 0 Å². The van der Waals surface area contributed by atoms with Gasteiger partial charge in [-0.25, -0.2) is 9.97 Å². The van der Waals surface area contributed by atoms with Crippen molar-refractivity contribution in [2.24, 2.45) is 11.7 Å². The van der Waals surface area contributed by atoms with Crippen molar-refractivity contribution in [3.63, 3.8) is 0 Å². The van der Waals surface area contributed by atoms with Gasteiger partial charge in [-0.05, 0) is 24.8 Å². The van der Waals surface area contributed by atoms with Crippen molar-refractivity contribution in [1.29, 1.82) is 0 Å². The Morgan fingerprint density at radius 2 is 2.37 bits per heavy atom. The molecule has 19 heavy (non-hydrogen) atoms. The van der Waals surface area contributed by atoms with E-state index >= 15 is 0 Å². The first-order valence-electron chi connectivity index (χ1n) is 6.57. The molecule has 1 aliphatic carbocycles. The van der Waals surface area contributed by atoms with Crippen LogP contribution < -0.4 is 5.73 Å². The van der Waals surface area contributed by atoms with Crippen LogP contribution in [-0.4, -0.2) is 20.1 Å². The van der Waals surface area contributed by atoms with Crippen LogP contribution in [0.15, 0.2) is 23.1 Å². The third kappa shape index (κ3) is 2.35. The summed E-state index contributed by atoms with van der Waals surface area (Å²) in [4.78, 5) is 12.4. The summed E-state index contributed by atoms with van der Waals surface area (Å²) in [5.74, 6) is 1.58. The Bertz CT molecular complexity index is 555. The molecule has 2 aromatic rings. The van der Waals surface area contributed by atoms with E-state index in [1.165, 1.54) is 12.7 Å². The molecule has 1 aliphatic rings. The number of rotatable bonds is 2. The molecule has 1 fully saturated rings. The number of aromatic nitrogens is 4. The number of nitrogens with zero attached hydrogens (tertiary/aromatic N) is 4. The van der Waals surface area contributed by atoms with Crippen LogP contribution in [0, 0.1) is 5.92 Å². The minimum absolute atomic E-state index is 0.473. The zero-order valence-electron chi connectivity index (χ0n) is 10.9. The number of hydrogen-bond donors (Lipinski definition) is 1. The smallest absolute Gasteiger partial charge is 0.247 e. The molecule has 0 amide bonds. The quantitative estimate of drug-likeness (QED) is 0.885. The molecule has 2 unspecified atom stereocenters. The van der Waals surface area contributed by atoms with Crippen LogP contribution >= 0.6 is 0 Å². The minimum Gasteiger partial charge on any atom is -0.337 e. The van der Waals surface area contributed by atoms with Gasteiger partial charge in [-0.15, -0.1) is 0 Å². The van der Waals surface area contributed by atoms with Crippen LogP contribution in [0.5, 0.6) is 0 Å². The molecule has 0 radical (unpaired) electrons. The molecule has 2 atom stereocenters. The number of nitrogens with two attached hydrogens (primary N) is 1. The van der Waals surface area contributed by atoms with Gasteiger partial charge in [0.15, 0.2) is 0 Å². The van der Waals surface area contributed by atoms with Crippen molar-refractivity contribution in [2.45, 2.75) is 38.1 Å². The largest absolute Gasteiger partial charge is 0.337 e. The summed E-state index contributed by atoms with van der Waals surface area (Å²) in [6.45, 7) is 2.21. The highest BCUT2D eigenvalue weighted by atomic mass is 16.5. The normalized spacial score (nSPS) is 27.4. The molecule has 100 valence electrons. The molecule has 0 bridgehead atoms. The summed E-state index contributed by atoms with van der Waals surface area (Å²) < 4.78 is 5.36. The average Bonchev–Trinajstić information content (AvgIpc) is 2.90. The zero-order valence-corrected chi connectivity index (χ0v) is 10.9. The summed E-state index contributed by atoms with van der Waals surface area (Å²) in [5.41, 5.74) is 6.59. The van der Waals surface area contributed by atoms with Gasteiger partial charge in [0.25, 0.3) is 0 Å². The van der Waals surface area contributed by atoms with Crippen LogP contribution in [0.4, 0.5) is 0 Å². The van der Waals surface area contributed by atoms with Gasteiger partial charge in [0.05, 0.1) is 5.54 Å². The van der Waals surface area contributed by atoms with Crippen molar-refractivity contribution in [3.05, 3.63) is 24.5 Å². The maximum absolute atomic E-state index is 6.43. The molecule has 2 aromatic heterocycles. The first kappa shape index (κ1) is 12.2. The predicted molar refractivity (Wildman–Crippen MR) is 68.8 cm³/mol. The second kappa shape index (κ2) is 4.70. The SMILES string of the molecule is CC1CCCC(N)(c2nc(-c3ccncn3)no2)C1. The Labute approximate surface area is 111 Å². The van der Waals surface area contributed by atoms with Crippen LogP contribution in [0.25, 0.3) is 11.5 Å². The molecule has 0 saturated heterocycles. The van der Waals surface area contributed by atoms with Gasteiger partial charge < -0.3 is 10.3 Å². The van der Waals surface area contributed by atoms with Crippen molar-refractivity contribution in [3.8, 4) is 11.5 Å². The summed E-state index contributed by atoms with van der Waals surface area (Å²) in [6.07, 6.45) is 7.21. The van der Waals surface area contributed by atoms with Crippen molar-refractivity contribution in [2.75, 3.05) is 0 Å². The van der Waals surface area contributed by atoms with Crippen LogP contribution in [0.3, 0.4) is 0 Å². The summed E-state index contributed by atoms with van der Waals surface area (Å²) in [7, 11) is 0. The zero-order chi connectivity index (χ0) is 13.3. The highest BCUT2D eigenvalue weighted by molar-refractivity contribution is 5.46. The Balaban J connectivity index is 1.89. The van der Waals surface area contributed by atoms with Crippen LogP contribution in [0.2, 0.25) is 0 Å². The fourth-order valence-electron chi connectivity index (χ4n) is 2.74. The van der Waals surface area contributed by atoms with Gasteiger partial charge >= 0.3 is 0 Å². The fraction of sp³-hybridized carbons (Fsp3) is 0.538. The average molecular weight is 259 g/mol. The molecule has 6 nitrogen and oxygen atoms in total. The monoisotopic (exact) mass is 259 g/mol. The van der Waals surface area contributed by atoms with E-state index < -0.39 is 5.54 Å². The van der Waals surface area contributed by atoms with Gasteiger partial charge in [0.2, 0.25) is 11.7 Å². The van der Waals surface area contributed by atoms with E-state index in [2.05, 4.69) is 27.0 Å². The molecule has 1 saturated carbocycles. The van der Waals surface area contributed by atoms with Crippen molar-refractivity contribution < 1.29 is 4.52 Å². The third-order valence-corrected chi connectivity index (χ3v) is 3.70. The topological polar surface area (TPSA) is 90.7 Å². The van der Waals surface area contributed by atoms with Crippen molar-refractivity contribution in [1.82, 2.24) is 20.1 Å². The van der Waals surface area contributed by atoms with E-state index in [0.717, 1.165) is 19.3 Å². The second-order valence-corrected chi connectivity index (χ2v) is 5.38. The van der Waals surface area contributed by atoms with E-state index in [1.807, 2.05) is 0 Å². The van der Waals surface area contributed by atoms with Gasteiger partial charge in [0, 0.05) is 6.20 Å². The predicted octanol–water partition coefficient (Wildman–Crippen LogP) is 1.89. The fourth-order valence-corrected chi connectivity index (χ4v) is 2.74. The minimum atomic E-state index is -0.490. The van der Waals surface area contributed by atoms with E-state index in [1.54, 1.807) is 12.3 Å². The summed E-state index contributed by atoms with van der Waals surface area (Å²) in [5, 5.41) is 3.98. The molecular formula is C13H17N5O. The molecular weight excluding hydrogens is 242 g/mol. The van der Waals surface area contributed by atoms with Crippen molar-refractivity contribution >= 4 is 0 Å². The Hall–Kier alpha value is -1.82. The lowest BCUT2D eigenvalue weighted by Gasteiger charge is -2.33. The van der Waals surface area contributed by atoms with Gasteiger partial charge in [-0.2, -0.15) is 4.98 Å². The lowest BCUT2D eigenvalue weighted by Crippen LogP contribution is -2.41. The lowest BCUT2D eigenvalue weighted by atomic mass is 9.77. The van der Waals surface area contributed by atoms with Gasteiger partial charge in [0.1, 0.15) is 12.0 Å². The molecule has 2 N–H and O–H groups in total. The molecule has 6 heteroatoms. The molecule has 0 aromatic carbocycles. The maximum Gasteiger partial charge on any atom is 0.247 e. The van der Waals surface area contributed by atoms with E-state index in [0.29, 0.717) is 23.3 Å². The molecule has 2 heterocycles. The maximum atomic E-state index is 6.43. The van der Waals surface area contributed by atoms with E-state index in [4.69, 9.17) is 10.3 Å². The van der Waals surface area contributed by atoms with E-state index in [9.17, 15) is 0 Å². The Morgan fingerprint density at radius 1 is 1.47 bits per heavy atom. The first-order valence-corrected chi connectivity index (χ1v) is 6.57.